The van der Waals surface area contributed by atoms with Gasteiger partial charge in [-0.1, -0.05) is 0 Å². The van der Waals surface area contributed by atoms with E-state index in [1.165, 1.54) is 13.3 Å². The van der Waals surface area contributed by atoms with Crippen molar-refractivity contribution >= 4 is 17.8 Å². The molecule has 0 bridgehead atoms. The number of anilines is 1. The first-order valence-electron chi connectivity index (χ1n) is 7.11. The summed E-state index contributed by atoms with van der Waals surface area (Å²) >= 11 is 0. The third-order valence-corrected chi connectivity index (χ3v) is 3.59. The van der Waals surface area contributed by atoms with Crippen LogP contribution in [0.5, 0.6) is 0 Å². The molecule has 21 heavy (non-hydrogen) atoms. The van der Waals surface area contributed by atoms with E-state index in [0.29, 0.717) is 18.0 Å². The maximum atomic E-state index is 11.5. The second-order valence-electron chi connectivity index (χ2n) is 5.03. The van der Waals surface area contributed by atoms with Crippen molar-refractivity contribution in [1.82, 2.24) is 4.98 Å². The van der Waals surface area contributed by atoms with Crippen molar-refractivity contribution in [3.8, 4) is 0 Å². The largest absolute Gasteiger partial charge is 0.469 e. The van der Waals surface area contributed by atoms with Gasteiger partial charge < -0.3 is 14.8 Å². The summed E-state index contributed by atoms with van der Waals surface area (Å²) in [6, 6.07) is 3.63. The van der Waals surface area contributed by atoms with Crippen LogP contribution < -0.4 is 5.32 Å². The Bertz CT molecular complexity index is 501. The summed E-state index contributed by atoms with van der Waals surface area (Å²) in [4.78, 5) is 27.2. The Morgan fingerprint density at radius 3 is 2.81 bits per heavy atom. The minimum Gasteiger partial charge on any atom is -0.469 e. The number of nitrogens with one attached hydrogen (secondary N) is 1. The van der Waals surface area contributed by atoms with Crippen molar-refractivity contribution in [3.05, 3.63) is 23.9 Å². The molecular weight excluding hydrogens is 272 g/mol. The van der Waals surface area contributed by atoms with Gasteiger partial charge in [-0.25, -0.2) is 9.78 Å². The topological polar surface area (TPSA) is 77.5 Å². The van der Waals surface area contributed by atoms with Crippen molar-refractivity contribution in [2.24, 2.45) is 5.92 Å². The molecule has 0 spiro atoms. The first-order chi connectivity index (χ1) is 10.1. The lowest BCUT2D eigenvalue weighted by Gasteiger charge is -2.13. The van der Waals surface area contributed by atoms with E-state index in [2.05, 4.69) is 10.3 Å². The van der Waals surface area contributed by atoms with E-state index in [1.54, 1.807) is 19.1 Å². The molecule has 1 aromatic heterocycles. The van der Waals surface area contributed by atoms with Crippen LogP contribution in [-0.4, -0.2) is 36.7 Å². The molecule has 1 N–H and O–H groups in total. The highest BCUT2D eigenvalue weighted by atomic mass is 16.5. The van der Waals surface area contributed by atoms with Crippen molar-refractivity contribution in [2.75, 3.05) is 19.0 Å². The summed E-state index contributed by atoms with van der Waals surface area (Å²) in [5.74, 6) is 0.137. The zero-order valence-corrected chi connectivity index (χ0v) is 12.3. The summed E-state index contributed by atoms with van der Waals surface area (Å²) in [5.41, 5.74) is 0.432. The minimum atomic E-state index is -0.372. The number of carbonyl (C=O) groups is 2. The molecular formula is C15H20N2O4. The maximum Gasteiger partial charge on any atom is 0.339 e. The van der Waals surface area contributed by atoms with Gasteiger partial charge in [-0.15, -0.1) is 0 Å². The van der Waals surface area contributed by atoms with Gasteiger partial charge in [0.1, 0.15) is 5.82 Å². The maximum absolute atomic E-state index is 11.5. The Kier molecular flexibility index (Phi) is 5.14. The molecule has 114 valence electrons. The summed E-state index contributed by atoms with van der Waals surface area (Å²) in [5, 5.41) is 3.28. The van der Waals surface area contributed by atoms with Gasteiger partial charge in [0.05, 0.1) is 25.2 Å². The molecule has 6 heteroatoms. The molecule has 2 atom stereocenters. The molecule has 1 aliphatic rings. The Balaban J connectivity index is 1.89. The molecule has 0 amide bonds. The van der Waals surface area contributed by atoms with Gasteiger partial charge in [-0.2, -0.15) is 0 Å². The first-order valence-corrected chi connectivity index (χ1v) is 7.11. The SMILES string of the molecule is CCOC(=O)c1ccc(N[C@@H]2CC[C@H](C(=O)OC)C2)nc1. The number of rotatable bonds is 5. The van der Waals surface area contributed by atoms with Gasteiger partial charge in [0.15, 0.2) is 0 Å². The van der Waals surface area contributed by atoms with E-state index in [9.17, 15) is 9.59 Å². The number of hydrogen-bond acceptors (Lipinski definition) is 6. The van der Waals surface area contributed by atoms with Crippen LogP contribution in [0.15, 0.2) is 18.3 Å². The molecule has 1 aromatic rings. The van der Waals surface area contributed by atoms with Crippen molar-refractivity contribution in [1.29, 1.82) is 0 Å². The Morgan fingerprint density at radius 1 is 1.38 bits per heavy atom. The Morgan fingerprint density at radius 2 is 2.19 bits per heavy atom. The van der Waals surface area contributed by atoms with E-state index in [1.807, 2.05) is 0 Å². The smallest absolute Gasteiger partial charge is 0.339 e. The van der Waals surface area contributed by atoms with E-state index < -0.39 is 0 Å². The molecule has 0 saturated heterocycles. The van der Waals surface area contributed by atoms with Crippen LogP contribution in [-0.2, 0) is 14.3 Å². The highest BCUT2D eigenvalue weighted by Crippen LogP contribution is 2.28. The lowest BCUT2D eigenvalue weighted by Crippen LogP contribution is -2.19. The standard InChI is InChI=1S/C15H20N2O4/c1-3-21-15(19)11-5-7-13(16-9-11)17-12-6-4-10(8-12)14(18)20-2/h5,7,9-10,12H,3-4,6,8H2,1-2H3,(H,16,17)/t10-,12+/m0/s1. The van der Waals surface area contributed by atoms with E-state index in [0.717, 1.165) is 19.3 Å². The highest BCUT2D eigenvalue weighted by Gasteiger charge is 2.30. The quantitative estimate of drug-likeness (QED) is 0.836. The van der Waals surface area contributed by atoms with E-state index in [-0.39, 0.29) is 23.9 Å². The third-order valence-electron chi connectivity index (χ3n) is 3.59. The predicted molar refractivity (Wildman–Crippen MR) is 77.0 cm³/mol. The molecule has 1 heterocycles. The number of pyridine rings is 1. The average molecular weight is 292 g/mol. The number of hydrogen-bond donors (Lipinski definition) is 1. The van der Waals surface area contributed by atoms with E-state index >= 15 is 0 Å². The number of methoxy groups -OCH3 is 1. The number of nitrogens with zero attached hydrogens (tertiary/aromatic N) is 1. The second kappa shape index (κ2) is 7.06. The molecule has 1 saturated carbocycles. The molecule has 0 unspecified atom stereocenters. The number of carbonyl (C=O) groups excluding carboxylic acids is 2. The highest BCUT2D eigenvalue weighted by molar-refractivity contribution is 5.89. The fraction of sp³-hybridized carbons (Fsp3) is 0.533. The van der Waals surface area contributed by atoms with Gasteiger partial charge in [0.25, 0.3) is 0 Å². The molecule has 2 rings (SSSR count). The second-order valence-corrected chi connectivity index (χ2v) is 5.03. The van der Waals surface area contributed by atoms with Crippen molar-refractivity contribution in [3.63, 3.8) is 0 Å². The molecule has 0 aromatic carbocycles. The van der Waals surface area contributed by atoms with Crippen LogP contribution in [0.3, 0.4) is 0 Å². The lowest BCUT2D eigenvalue weighted by molar-refractivity contribution is -0.145. The van der Waals surface area contributed by atoms with E-state index in [4.69, 9.17) is 9.47 Å². The zero-order valence-electron chi connectivity index (χ0n) is 12.3. The van der Waals surface area contributed by atoms with Crippen LogP contribution in [0.1, 0.15) is 36.5 Å². The van der Waals surface area contributed by atoms with Crippen LogP contribution in [0.4, 0.5) is 5.82 Å². The van der Waals surface area contributed by atoms with Crippen molar-refractivity contribution in [2.45, 2.75) is 32.2 Å². The molecule has 1 aliphatic carbocycles. The van der Waals surface area contributed by atoms with Gasteiger partial charge in [0, 0.05) is 12.2 Å². The number of aromatic nitrogens is 1. The zero-order chi connectivity index (χ0) is 15.2. The van der Waals surface area contributed by atoms with Gasteiger partial charge in [0.2, 0.25) is 0 Å². The van der Waals surface area contributed by atoms with Gasteiger partial charge in [-0.05, 0) is 38.3 Å². The summed E-state index contributed by atoms with van der Waals surface area (Å²) < 4.78 is 9.67. The monoisotopic (exact) mass is 292 g/mol. The Hall–Kier alpha value is -2.11. The number of esters is 2. The summed E-state index contributed by atoms with van der Waals surface area (Å²) in [6.07, 6.45) is 3.97. The third kappa shape index (κ3) is 3.93. The summed E-state index contributed by atoms with van der Waals surface area (Å²) in [7, 11) is 1.42. The normalized spacial score (nSPS) is 20.9. The molecule has 6 nitrogen and oxygen atoms in total. The first kappa shape index (κ1) is 15.3. The van der Waals surface area contributed by atoms with Gasteiger partial charge >= 0.3 is 11.9 Å². The Labute approximate surface area is 123 Å². The number of ether oxygens (including phenoxy) is 2. The molecule has 0 aliphatic heterocycles. The fourth-order valence-electron chi connectivity index (χ4n) is 2.52. The van der Waals surface area contributed by atoms with Crippen LogP contribution in [0, 0.1) is 5.92 Å². The van der Waals surface area contributed by atoms with Crippen molar-refractivity contribution < 1.29 is 19.1 Å². The molecule has 1 fully saturated rings. The predicted octanol–water partition coefficient (Wildman–Crippen LogP) is 2.01. The molecule has 0 radical (unpaired) electrons. The minimum absolute atomic E-state index is 0.0358. The van der Waals surface area contributed by atoms with Gasteiger partial charge in [-0.3, -0.25) is 4.79 Å². The summed E-state index contributed by atoms with van der Waals surface area (Å²) in [6.45, 7) is 2.11. The van der Waals surface area contributed by atoms with Crippen LogP contribution in [0.2, 0.25) is 0 Å². The fourth-order valence-corrected chi connectivity index (χ4v) is 2.52. The van der Waals surface area contributed by atoms with Crippen LogP contribution in [0.25, 0.3) is 0 Å². The van der Waals surface area contributed by atoms with Crippen LogP contribution >= 0.6 is 0 Å². The lowest BCUT2D eigenvalue weighted by atomic mass is 10.1. The average Bonchev–Trinajstić information content (AvgIpc) is 2.96.